The second kappa shape index (κ2) is 6.02. The topological polar surface area (TPSA) is 119 Å². The van der Waals surface area contributed by atoms with Crippen molar-refractivity contribution in [3.63, 3.8) is 0 Å². The number of hydrogen-bond donors (Lipinski definition) is 3. The minimum Gasteiger partial charge on any atom is -0.508 e. The van der Waals surface area contributed by atoms with Gasteiger partial charge >= 0.3 is 0 Å². The Bertz CT molecular complexity index is 1080. The number of fused-ring (bicyclic) bond motifs is 1. The molecule has 0 aliphatic heterocycles. The molecule has 0 unspecified atom stereocenters. The summed E-state index contributed by atoms with van der Waals surface area (Å²) in [6.07, 6.45) is 0.462. The number of phenols is 1. The van der Waals surface area contributed by atoms with E-state index in [1.807, 2.05) is 0 Å². The SMILES string of the molecule is N#Cc1cc2c(=O)n(C[C@@H](O)c3cccc(O)c3)ccc2[nH]c1=O. The van der Waals surface area contributed by atoms with E-state index in [-0.39, 0.29) is 23.2 Å². The van der Waals surface area contributed by atoms with Gasteiger partial charge in [-0.25, -0.2) is 0 Å². The zero-order valence-electron chi connectivity index (χ0n) is 12.4. The number of aromatic hydroxyl groups is 1. The van der Waals surface area contributed by atoms with Crippen LogP contribution in [0.1, 0.15) is 17.2 Å². The average Bonchev–Trinajstić information content (AvgIpc) is 2.57. The van der Waals surface area contributed by atoms with Crippen LogP contribution < -0.4 is 11.1 Å². The summed E-state index contributed by atoms with van der Waals surface area (Å²) in [6.45, 7) is -0.0285. The molecule has 0 saturated heterocycles. The van der Waals surface area contributed by atoms with Crippen LogP contribution in [0.2, 0.25) is 0 Å². The minimum atomic E-state index is -0.995. The van der Waals surface area contributed by atoms with Crippen LogP contribution in [0.3, 0.4) is 0 Å². The van der Waals surface area contributed by atoms with Crippen molar-refractivity contribution in [2.45, 2.75) is 12.6 Å². The molecule has 0 fully saturated rings. The van der Waals surface area contributed by atoms with Crippen LogP contribution in [0, 0.1) is 11.3 Å². The van der Waals surface area contributed by atoms with E-state index >= 15 is 0 Å². The number of aliphatic hydroxyl groups is 1. The Kier molecular flexibility index (Phi) is 3.90. The summed E-state index contributed by atoms with van der Waals surface area (Å²) in [5.74, 6) is 0.0219. The molecule has 1 aromatic carbocycles. The molecule has 0 amide bonds. The Hall–Kier alpha value is -3.37. The standard InChI is InChI=1S/C17H13N3O4/c18-8-11-7-13-14(19-16(11)23)4-5-20(17(13)24)9-15(22)10-2-1-3-12(21)6-10/h1-7,15,21-22H,9H2,(H,19,23)/t15-/m1/s1. The quantitative estimate of drug-likeness (QED) is 0.664. The lowest BCUT2D eigenvalue weighted by Gasteiger charge is -2.14. The van der Waals surface area contributed by atoms with Crippen molar-refractivity contribution in [1.82, 2.24) is 9.55 Å². The van der Waals surface area contributed by atoms with Crippen molar-refractivity contribution in [2.75, 3.05) is 0 Å². The lowest BCUT2D eigenvalue weighted by atomic mass is 10.1. The number of phenolic OH excluding ortho intramolecular Hbond substituents is 1. The molecule has 7 heteroatoms. The van der Waals surface area contributed by atoms with Crippen molar-refractivity contribution >= 4 is 10.9 Å². The summed E-state index contributed by atoms with van der Waals surface area (Å²) >= 11 is 0. The van der Waals surface area contributed by atoms with E-state index in [1.165, 1.54) is 35.0 Å². The van der Waals surface area contributed by atoms with Gasteiger partial charge in [0.2, 0.25) is 0 Å². The first kappa shape index (κ1) is 15.5. The summed E-state index contributed by atoms with van der Waals surface area (Å²) in [5.41, 5.74) is -0.333. The number of aromatic nitrogens is 2. The van der Waals surface area contributed by atoms with Gasteiger partial charge in [-0.2, -0.15) is 5.26 Å². The Morgan fingerprint density at radius 1 is 1.25 bits per heavy atom. The van der Waals surface area contributed by atoms with E-state index in [1.54, 1.807) is 18.2 Å². The van der Waals surface area contributed by atoms with Crippen LogP contribution in [-0.2, 0) is 6.54 Å². The van der Waals surface area contributed by atoms with Crippen LogP contribution >= 0.6 is 0 Å². The van der Waals surface area contributed by atoms with E-state index in [4.69, 9.17) is 5.26 Å². The molecule has 3 N–H and O–H groups in total. The molecule has 0 aliphatic carbocycles. The molecule has 2 heterocycles. The molecule has 2 aromatic heterocycles. The molecule has 1 atom stereocenters. The van der Waals surface area contributed by atoms with Gasteiger partial charge in [-0.3, -0.25) is 9.59 Å². The number of hydrogen-bond acceptors (Lipinski definition) is 5. The maximum absolute atomic E-state index is 12.5. The molecule has 24 heavy (non-hydrogen) atoms. The second-order valence-electron chi connectivity index (χ2n) is 5.34. The molecule has 7 nitrogen and oxygen atoms in total. The van der Waals surface area contributed by atoms with Gasteiger partial charge in [0.15, 0.2) is 0 Å². The highest BCUT2D eigenvalue weighted by Crippen LogP contribution is 2.19. The third kappa shape index (κ3) is 2.78. The fourth-order valence-electron chi connectivity index (χ4n) is 2.49. The number of aliphatic hydroxyl groups excluding tert-OH is 1. The maximum atomic E-state index is 12.5. The number of rotatable bonds is 3. The second-order valence-corrected chi connectivity index (χ2v) is 5.34. The third-order valence-corrected chi connectivity index (χ3v) is 3.73. The summed E-state index contributed by atoms with van der Waals surface area (Å²) in [6, 6.07) is 10.7. The van der Waals surface area contributed by atoms with E-state index in [2.05, 4.69) is 4.98 Å². The zero-order valence-corrected chi connectivity index (χ0v) is 12.4. The lowest BCUT2D eigenvalue weighted by molar-refractivity contribution is 0.155. The smallest absolute Gasteiger partial charge is 0.266 e. The summed E-state index contributed by atoms with van der Waals surface area (Å²) < 4.78 is 1.29. The number of pyridine rings is 2. The summed E-state index contributed by atoms with van der Waals surface area (Å²) in [5, 5.41) is 28.8. The number of benzene rings is 1. The van der Waals surface area contributed by atoms with Crippen LogP contribution in [-0.4, -0.2) is 19.8 Å². The molecule has 3 aromatic rings. The van der Waals surface area contributed by atoms with Gasteiger partial charge in [0.05, 0.1) is 23.6 Å². The number of H-pyrrole nitrogens is 1. The Morgan fingerprint density at radius 2 is 2.04 bits per heavy atom. The number of nitrogens with zero attached hydrogens (tertiary/aromatic N) is 2. The fourth-order valence-corrected chi connectivity index (χ4v) is 2.49. The predicted molar refractivity (Wildman–Crippen MR) is 86.6 cm³/mol. The molecule has 0 spiro atoms. The van der Waals surface area contributed by atoms with Crippen molar-refractivity contribution in [3.8, 4) is 11.8 Å². The molecule has 3 rings (SSSR count). The minimum absolute atomic E-state index is 0.0219. The first-order valence-electron chi connectivity index (χ1n) is 7.13. The van der Waals surface area contributed by atoms with Gasteiger partial charge in [0, 0.05) is 6.20 Å². The monoisotopic (exact) mass is 323 g/mol. The summed E-state index contributed by atoms with van der Waals surface area (Å²) in [7, 11) is 0. The first-order chi connectivity index (χ1) is 11.5. The van der Waals surface area contributed by atoms with E-state index < -0.39 is 17.2 Å². The van der Waals surface area contributed by atoms with Crippen molar-refractivity contribution in [3.05, 3.63) is 74.4 Å². The third-order valence-electron chi connectivity index (χ3n) is 3.73. The van der Waals surface area contributed by atoms with Crippen molar-refractivity contribution < 1.29 is 10.2 Å². The van der Waals surface area contributed by atoms with Gasteiger partial charge in [-0.1, -0.05) is 12.1 Å². The van der Waals surface area contributed by atoms with E-state index in [9.17, 15) is 19.8 Å². The molecule has 120 valence electrons. The fraction of sp³-hybridized carbons (Fsp3) is 0.118. The summed E-state index contributed by atoms with van der Waals surface area (Å²) in [4.78, 5) is 26.6. The van der Waals surface area contributed by atoms with E-state index in [0.29, 0.717) is 11.1 Å². The molecular weight excluding hydrogens is 310 g/mol. The first-order valence-corrected chi connectivity index (χ1v) is 7.13. The molecular formula is C17H13N3O4. The van der Waals surface area contributed by atoms with Gasteiger partial charge in [0.25, 0.3) is 11.1 Å². The average molecular weight is 323 g/mol. The zero-order chi connectivity index (χ0) is 17.3. The van der Waals surface area contributed by atoms with Crippen LogP contribution in [0.4, 0.5) is 0 Å². The van der Waals surface area contributed by atoms with Crippen LogP contribution in [0.15, 0.2) is 52.2 Å². The normalized spacial score (nSPS) is 12.0. The molecule has 0 radical (unpaired) electrons. The molecule has 0 aliphatic rings. The molecule has 0 bridgehead atoms. The highest BCUT2D eigenvalue weighted by molar-refractivity contribution is 5.78. The Labute approximate surface area is 135 Å². The number of nitriles is 1. The highest BCUT2D eigenvalue weighted by Gasteiger charge is 2.12. The van der Waals surface area contributed by atoms with Crippen LogP contribution in [0.5, 0.6) is 5.75 Å². The Morgan fingerprint density at radius 3 is 2.75 bits per heavy atom. The predicted octanol–water partition coefficient (Wildman–Crippen LogP) is 1.00. The van der Waals surface area contributed by atoms with E-state index in [0.717, 1.165) is 0 Å². The van der Waals surface area contributed by atoms with Crippen LogP contribution in [0.25, 0.3) is 10.9 Å². The lowest BCUT2D eigenvalue weighted by Crippen LogP contribution is -2.24. The number of aromatic amines is 1. The van der Waals surface area contributed by atoms with Crippen molar-refractivity contribution in [1.29, 1.82) is 5.26 Å². The van der Waals surface area contributed by atoms with Gasteiger partial charge in [-0.05, 0) is 29.8 Å². The maximum Gasteiger partial charge on any atom is 0.266 e. The number of nitrogens with one attached hydrogen (secondary N) is 1. The Balaban J connectivity index is 2.03. The van der Waals surface area contributed by atoms with Crippen molar-refractivity contribution in [2.24, 2.45) is 0 Å². The van der Waals surface area contributed by atoms with Gasteiger partial charge < -0.3 is 19.8 Å². The van der Waals surface area contributed by atoms with Gasteiger partial charge in [-0.15, -0.1) is 0 Å². The highest BCUT2D eigenvalue weighted by atomic mass is 16.3. The largest absolute Gasteiger partial charge is 0.508 e. The van der Waals surface area contributed by atoms with Gasteiger partial charge in [0.1, 0.15) is 17.4 Å². The molecule has 0 saturated carbocycles.